The van der Waals surface area contributed by atoms with Crippen LogP contribution in [0.4, 0.5) is 0 Å². The number of amides is 1. The van der Waals surface area contributed by atoms with Crippen LogP contribution in [0.15, 0.2) is 54.6 Å². The monoisotopic (exact) mass is 337 g/mol. The molecule has 0 aromatic heterocycles. The molecule has 2 aromatic carbocycles. The van der Waals surface area contributed by atoms with Crippen molar-refractivity contribution in [1.29, 1.82) is 0 Å². The largest absolute Gasteiger partial charge is 0.493 e. The summed E-state index contributed by atoms with van der Waals surface area (Å²) in [6, 6.07) is 16.8. The first-order valence-electron chi connectivity index (χ1n) is 8.72. The van der Waals surface area contributed by atoms with E-state index in [1.807, 2.05) is 35.2 Å². The van der Waals surface area contributed by atoms with Crippen LogP contribution >= 0.6 is 0 Å². The van der Waals surface area contributed by atoms with Crippen molar-refractivity contribution >= 4 is 11.7 Å². The molecule has 1 amide bonds. The number of ether oxygens (including phenoxy) is 1. The van der Waals surface area contributed by atoms with Crippen molar-refractivity contribution in [3.05, 3.63) is 65.7 Å². The van der Waals surface area contributed by atoms with Crippen molar-refractivity contribution in [2.45, 2.75) is 19.8 Å². The minimum atomic E-state index is -0.0788. The first-order chi connectivity index (χ1) is 12.1. The average molecular weight is 337 g/mol. The van der Waals surface area contributed by atoms with E-state index in [9.17, 15) is 9.59 Å². The number of hydrogen-bond acceptors (Lipinski definition) is 3. The third kappa shape index (κ3) is 4.27. The fourth-order valence-corrected chi connectivity index (χ4v) is 3.26. The highest BCUT2D eigenvalue weighted by atomic mass is 16.5. The lowest BCUT2D eigenvalue weighted by Crippen LogP contribution is -2.42. The lowest BCUT2D eigenvalue weighted by atomic mass is 9.97. The van der Waals surface area contributed by atoms with Crippen LogP contribution in [0, 0.1) is 5.92 Å². The van der Waals surface area contributed by atoms with Crippen molar-refractivity contribution in [2.24, 2.45) is 5.92 Å². The van der Waals surface area contributed by atoms with Crippen molar-refractivity contribution in [3.8, 4) is 5.75 Å². The molecule has 1 unspecified atom stereocenters. The highest BCUT2D eigenvalue weighted by Gasteiger charge is 2.26. The number of carbonyl (C=O) groups is 2. The molecular weight excluding hydrogens is 314 g/mol. The van der Waals surface area contributed by atoms with E-state index in [2.05, 4.69) is 0 Å². The van der Waals surface area contributed by atoms with E-state index in [0.29, 0.717) is 30.2 Å². The number of rotatable bonds is 5. The number of Topliss-reactive ketones (excluding diaryl/α,β-unsaturated/α-hetero) is 1. The Balaban J connectivity index is 1.65. The third-order valence-electron chi connectivity index (χ3n) is 4.57. The fraction of sp³-hybridized carbons (Fsp3) is 0.333. The Labute approximate surface area is 148 Å². The zero-order valence-corrected chi connectivity index (χ0v) is 14.5. The van der Waals surface area contributed by atoms with Gasteiger partial charge in [0.15, 0.2) is 5.78 Å². The van der Waals surface area contributed by atoms with Crippen LogP contribution in [0.5, 0.6) is 5.75 Å². The Morgan fingerprint density at radius 3 is 2.44 bits per heavy atom. The Morgan fingerprint density at radius 1 is 1.04 bits per heavy atom. The van der Waals surface area contributed by atoms with Gasteiger partial charge in [0.1, 0.15) is 5.75 Å². The van der Waals surface area contributed by atoms with Gasteiger partial charge in [-0.05, 0) is 38.0 Å². The van der Waals surface area contributed by atoms with Gasteiger partial charge < -0.3 is 9.64 Å². The van der Waals surface area contributed by atoms with E-state index in [-0.39, 0.29) is 11.7 Å². The van der Waals surface area contributed by atoms with Gasteiger partial charge in [0.05, 0.1) is 12.2 Å². The Kier molecular flexibility index (Phi) is 5.49. The number of likely N-dealkylation sites (tertiary alicyclic amines) is 1. The highest BCUT2D eigenvalue weighted by Crippen LogP contribution is 2.21. The minimum Gasteiger partial charge on any atom is -0.493 e. The first-order valence-corrected chi connectivity index (χ1v) is 8.72. The topological polar surface area (TPSA) is 46.6 Å². The molecule has 4 heteroatoms. The van der Waals surface area contributed by atoms with E-state index < -0.39 is 0 Å². The van der Waals surface area contributed by atoms with Crippen LogP contribution in [0.3, 0.4) is 0 Å². The molecule has 130 valence electrons. The lowest BCUT2D eigenvalue weighted by Gasteiger charge is -2.33. The number of benzene rings is 2. The smallest absolute Gasteiger partial charge is 0.254 e. The number of nitrogens with zero attached hydrogens (tertiary/aromatic N) is 1. The van der Waals surface area contributed by atoms with E-state index in [1.165, 1.54) is 6.92 Å². The van der Waals surface area contributed by atoms with E-state index >= 15 is 0 Å². The van der Waals surface area contributed by atoms with Crippen LogP contribution in [-0.2, 0) is 0 Å². The molecule has 1 heterocycles. The normalized spacial score (nSPS) is 17.2. The summed E-state index contributed by atoms with van der Waals surface area (Å²) in [6.07, 6.45) is 2.00. The molecule has 3 rings (SSSR count). The van der Waals surface area contributed by atoms with Crippen molar-refractivity contribution < 1.29 is 14.3 Å². The van der Waals surface area contributed by atoms with Crippen molar-refractivity contribution in [2.75, 3.05) is 19.7 Å². The molecular formula is C21H23NO3. The molecule has 0 radical (unpaired) electrons. The molecule has 0 saturated carbocycles. The van der Waals surface area contributed by atoms with Gasteiger partial charge in [0, 0.05) is 24.6 Å². The molecule has 25 heavy (non-hydrogen) atoms. The van der Waals surface area contributed by atoms with E-state index in [1.54, 1.807) is 24.3 Å². The molecule has 1 fully saturated rings. The van der Waals surface area contributed by atoms with Crippen LogP contribution in [0.25, 0.3) is 0 Å². The van der Waals surface area contributed by atoms with Crippen molar-refractivity contribution in [3.63, 3.8) is 0 Å². The number of carbonyl (C=O) groups excluding carboxylic acids is 2. The Bertz CT molecular complexity index is 742. The molecule has 1 saturated heterocycles. The SMILES string of the molecule is CC(=O)c1ccccc1C(=O)N1CCCC(COc2ccccc2)C1. The fourth-order valence-electron chi connectivity index (χ4n) is 3.26. The predicted octanol–water partition coefficient (Wildman–Crippen LogP) is 3.82. The van der Waals surface area contributed by atoms with Gasteiger partial charge in [-0.1, -0.05) is 36.4 Å². The summed E-state index contributed by atoms with van der Waals surface area (Å²) < 4.78 is 5.85. The number of hydrogen-bond donors (Lipinski definition) is 0. The third-order valence-corrected chi connectivity index (χ3v) is 4.57. The van der Waals surface area contributed by atoms with Gasteiger partial charge >= 0.3 is 0 Å². The molecule has 1 atom stereocenters. The second-order valence-electron chi connectivity index (χ2n) is 6.49. The minimum absolute atomic E-state index is 0.0600. The molecule has 4 nitrogen and oxygen atoms in total. The number of piperidine rings is 1. The number of ketones is 1. The molecule has 0 aliphatic carbocycles. The second-order valence-corrected chi connectivity index (χ2v) is 6.49. The molecule has 0 N–H and O–H groups in total. The molecule has 2 aromatic rings. The standard InChI is InChI=1S/C21H23NO3/c1-16(23)19-11-5-6-12-20(19)21(24)22-13-7-8-17(14-22)15-25-18-9-3-2-4-10-18/h2-6,9-12,17H,7-8,13-15H2,1H3. The predicted molar refractivity (Wildman–Crippen MR) is 97.0 cm³/mol. The van der Waals surface area contributed by atoms with Crippen LogP contribution in [-0.4, -0.2) is 36.3 Å². The summed E-state index contributed by atoms with van der Waals surface area (Å²) in [4.78, 5) is 26.5. The molecule has 1 aliphatic rings. The van der Waals surface area contributed by atoms with Crippen LogP contribution < -0.4 is 4.74 Å². The summed E-state index contributed by atoms with van der Waals surface area (Å²) in [7, 11) is 0. The summed E-state index contributed by atoms with van der Waals surface area (Å²) in [6.45, 7) is 3.49. The van der Waals surface area contributed by atoms with Gasteiger partial charge in [-0.15, -0.1) is 0 Å². The highest BCUT2D eigenvalue weighted by molar-refractivity contribution is 6.07. The first kappa shape index (κ1) is 17.2. The zero-order valence-electron chi connectivity index (χ0n) is 14.5. The van der Waals surface area contributed by atoms with Gasteiger partial charge in [-0.2, -0.15) is 0 Å². The maximum Gasteiger partial charge on any atom is 0.254 e. The van der Waals surface area contributed by atoms with Crippen molar-refractivity contribution in [1.82, 2.24) is 4.90 Å². The van der Waals surface area contributed by atoms with E-state index in [0.717, 1.165) is 25.1 Å². The number of para-hydroxylation sites is 1. The van der Waals surface area contributed by atoms with Gasteiger partial charge in [-0.25, -0.2) is 0 Å². The molecule has 0 bridgehead atoms. The molecule has 1 aliphatic heterocycles. The van der Waals surface area contributed by atoms with E-state index in [4.69, 9.17) is 4.74 Å². The Hall–Kier alpha value is -2.62. The summed E-state index contributed by atoms with van der Waals surface area (Å²) >= 11 is 0. The average Bonchev–Trinajstić information content (AvgIpc) is 2.67. The van der Waals surface area contributed by atoms with Crippen LogP contribution in [0.1, 0.15) is 40.5 Å². The quantitative estimate of drug-likeness (QED) is 0.779. The maximum absolute atomic E-state index is 12.9. The maximum atomic E-state index is 12.9. The lowest BCUT2D eigenvalue weighted by molar-refractivity contribution is 0.0630. The zero-order chi connectivity index (χ0) is 17.6. The second kappa shape index (κ2) is 7.97. The Morgan fingerprint density at radius 2 is 1.72 bits per heavy atom. The molecule has 0 spiro atoms. The summed E-state index contributed by atoms with van der Waals surface area (Å²) in [5, 5.41) is 0. The van der Waals surface area contributed by atoms with Crippen LogP contribution in [0.2, 0.25) is 0 Å². The van der Waals surface area contributed by atoms with Gasteiger partial charge in [0.2, 0.25) is 0 Å². The van der Waals surface area contributed by atoms with Gasteiger partial charge in [0.25, 0.3) is 5.91 Å². The summed E-state index contributed by atoms with van der Waals surface area (Å²) in [5.41, 5.74) is 0.995. The summed E-state index contributed by atoms with van der Waals surface area (Å²) in [5.74, 6) is 1.02. The van der Waals surface area contributed by atoms with Gasteiger partial charge in [-0.3, -0.25) is 9.59 Å².